The molecule has 140 valence electrons. The first kappa shape index (κ1) is 17.9. The van der Waals surface area contributed by atoms with Crippen LogP contribution in [-0.2, 0) is 11.2 Å². The summed E-state index contributed by atoms with van der Waals surface area (Å²) in [5, 5.41) is 6.00. The summed E-state index contributed by atoms with van der Waals surface area (Å²) in [5.74, 6) is 1.77. The summed E-state index contributed by atoms with van der Waals surface area (Å²) >= 11 is 1.63. The molecule has 0 aliphatic carbocycles. The fourth-order valence-corrected chi connectivity index (χ4v) is 4.28. The van der Waals surface area contributed by atoms with Crippen LogP contribution in [0.3, 0.4) is 0 Å². The number of amides is 1. The van der Waals surface area contributed by atoms with Crippen LogP contribution in [0.1, 0.15) is 40.8 Å². The number of rotatable bonds is 4. The zero-order valence-corrected chi connectivity index (χ0v) is 16.3. The Labute approximate surface area is 162 Å². The summed E-state index contributed by atoms with van der Waals surface area (Å²) < 4.78 is 5.46. The third kappa shape index (κ3) is 3.93. The van der Waals surface area contributed by atoms with Gasteiger partial charge in [0.25, 0.3) is 0 Å². The molecule has 1 aliphatic rings. The van der Waals surface area contributed by atoms with Crippen molar-refractivity contribution in [1.82, 2.24) is 20.0 Å². The minimum Gasteiger partial charge on any atom is -0.356 e. The minimum atomic E-state index is 0.174. The fourth-order valence-electron chi connectivity index (χ4n) is 3.58. The van der Waals surface area contributed by atoms with Gasteiger partial charge in [0.15, 0.2) is 5.76 Å². The number of aryl methyl sites for hydroxylation is 2. The van der Waals surface area contributed by atoms with Gasteiger partial charge in [0.2, 0.25) is 5.91 Å². The highest BCUT2D eigenvalue weighted by atomic mass is 32.1. The summed E-state index contributed by atoms with van der Waals surface area (Å²) in [6, 6.07) is 5.91. The SMILES string of the molecule is Cc1cc(-c2cnc(C)nc2[C@@H]2CCCN(C(=O)Cc3cccs3)C2)on1. The van der Waals surface area contributed by atoms with E-state index in [-0.39, 0.29) is 11.8 Å². The van der Waals surface area contributed by atoms with E-state index >= 15 is 0 Å². The van der Waals surface area contributed by atoms with Crippen LogP contribution in [0.15, 0.2) is 34.3 Å². The summed E-state index contributed by atoms with van der Waals surface area (Å²) in [7, 11) is 0. The Hall–Kier alpha value is -2.54. The summed E-state index contributed by atoms with van der Waals surface area (Å²) in [4.78, 5) is 24.9. The molecule has 27 heavy (non-hydrogen) atoms. The molecule has 4 rings (SSSR count). The predicted octanol–water partition coefficient (Wildman–Crippen LogP) is 3.76. The molecule has 7 heteroatoms. The molecule has 3 aromatic heterocycles. The maximum atomic E-state index is 12.7. The van der Waals surface area contributed by atoms with Gasteiger partial charge in [-0.3, -0.25) is 4.79 Å². The first-order valence-electron chi connectivity index (χ1n) is 9.17. The van der Waals surface area contributed by atoms with E-state index in [0.29, 0.717) is 18.7 Å². The predicted molar refractivity (Wildman–Crippen MR) is 104 cm³/mol. The van der Waals surface area contributed by atoms with Crippen LogP contribution in [0, 0.1) is 13.8 Å². The number of carbonyl (C=O) groups excluding carboxylic acids is 1. The molecule has 0 unspecified atom stereocenters. The van der Waals surface area contributed by atoms with Crippen molar-refractivity contribution < 1.29 is 9.32 Å². The molecule has 3 aromatic rings. The number of nitrogens with zero attached hydrogens (tertiary/aromatic N) is 4. The van der Waals surface area contributed by atoms with Gasteiger partial charge >= 0.3 is 0 Å². The van der Waals surface area contributed by atoms with Crippen molar-refractivity contribution in [2.45, 2.75) is 39.0 Å². The molecular formula is C20H22N4O2S. The maximum absolute atomic E-state index is 12.7. The van der Waals surface area contributed by atoms with Crippen molar-refractivity contribution in [3.8, 4) is 11.3 Å². The molecule has 0 saturated carbocycles. The average Bonchev–Trinajstić information content (AvgIpc) is 3.33. The Balaban J connectivity index is 1.57. The second kappa shape index (κ2) is 7.60. The number of hydrogen-bond donors (Lipinski definition) is 0. The van der Waals surface area contributed by atoms with Crippen LogP contribution in [0.5, 0.6) is 0 Å². The zero-order valence-electron chi connectivity index (χ0n) is 15.5. The van der Waals surface area contributed by atoms with E-state index in [1.807, 2.05) is 48.5 Å². The Morgan fingerprint density at radius 3 is 3.04 bits per heavy atom. The second-order valence-corrected chi connectivity index (χ2v) is 8.02. The smallest absolute Gasteiger partial charge is 0.227 e. The number of carbonyl (C=O) groups is 1. The highest BCUT2D eigenvalue weighted by Gasteiger charge is 2.28. The molecule has 1 amide bonds. The normalized spacial score (nSPS) is 17.3. The minimum absolute atomic E-state index is 0.174. The van der Waals surface area contributed by atoms with E-state index in [0.717, 1.165) is 47.0 Å². The molecule has 4 heterocycles. The lowest BCUT2D eigenvalue weighted by molar-refractivity contribution is -0.131. The lowest BCUT2D eigenvalue weighted by Gasteiger charge is -2.33. The number of likely N-dealkylation sites (tertiary alicyclic amines) is 1. The summed E-state index contributed by atoms with van der Waals surface area (Å²) in [6.07, 6.45) is 4.25. The third-order valence-corrected chi connectivity index (χ3v) is 5.77. The molecule has 1 aliphatic heterocycles. The van der Waals surface area contributed by atoms with Crippen molar-refractivity contribution in [1.29, 1.82) is 0 Å². The van der Waals surface area contributed by atoms with Crippen molar-refractivity contribution in [3.63, 3.8) is 0 Å². The first-order chi connectivity index (χ1) is 13.1. The third-order valence-electron chi connectivity index (χ3n) is 4.90. The van der Waals surface area contributed by atoms with Crippen LogP contribution in [0.25, 0.3) is 11.3 Å². The number of thiophene rings is 1. The molecule has 1 atom stereocenters. The van der Waals surface area contributed by atoms with E-state index in [9.17, 15) is 4.79 Å². The highest BCUT2D eigenvalue weighted by molar-refractivity contribution is 7.10. The molecule has 0 bridgehead atoms. The molecule has 0 spiro atoms. The Bertz CT molecular complexity index is 935. The molecule has 0 aromatic carbocycles. The lowest BCUT2D eigenvalue weighted by atomic mass is 9.91. The molecule has 0 N–H and O–H groups in total. The van der Waals surface area contributed by atoms with Gasteiger partial charge in [-0.25, -0.2) is 9.97 Å². The van der Waals surface area contributed by atoms with Crippen molar-refractivity contribution in [2.75, 3.05) is 13.1 Å². The van der Waals surface area contributed by atoms with E-state index < -0.39 is 0 Å². The van der Waals surface area contributed by atoms with Gasteiger partial charge in [-0.15, -0.1) is 11.3 Å². The summed E-state index contributed by atoms with van der Waals surface area (Å²) in [6.45, 7) is 5.27. The van der Waals surface area contributed by atoms with E-state index in [2.05, 4.69) is 10.1 Å². The lowest BCUT2D eigenvalue weighted by Crippen LogP contribution is -2.40. The highest BCUT2D eigenvalue weighted by Crippen LogP contribution is 2.33. The van der Waals surface area contributed by atoms with Crippen molar-refractivity contribution in [2.24, 2.45) is 0 Å². The van der Waals surface area contributed by atoms with Crippen LogP contribution in [-0.4, -0.2) is 39.0 Å². The molecular weight excluding hydrogens is 360 g/mol. The van der Waals surface area contributed by atoms with Gasteiger partial charge in [-0.2, -0.15) is 0 Å². The van der Waals surface area contributed by atoms with E-state index in [1.165, 1.54) is 0 Å². The zero-order chi connectivity index (χ0) is 18.8. The van der Waals surface area contributed by atoms with E-state index in [4.69, 9.17) is 9.51 Å². The molecule has 1 fully saturated rings. The van der Waals surface area contributed by atoms with Crippen LogP contribution >= 0.6 is 11.3 Å². The number of piperidine rings is 1. The molecule has 6 nitrogen and oxygen atoms in total. The van der Waals surface area contributed by atoms with Crippen molar-refractivity contribution >= 4 is 17.2 Å². The largest absolute Gasteiger partial charge is 0.356 e. The van der Waals surface area contributed by atoms with Crippen LogP contribution < -0.4 is 0 Å². The topological polar surface area (TPSA) is 72.1 Å². The first-order valence-corrected chi connectivity index (χ1v) is 10.1. The maximum Gasteiger partial charge on any atom is 0.227 e. The van der Waals surface area contributed by atoms with Gasteiger partial charge in [0, 0.05) is 36.1 Å². The standard InChI is InChI=1S/C20H22N4O2S/c1-13-9-18(26-23-13)17-11-21-14(2)22-20(17)15-5-3-7-24(12-15)19(25)10-16-6-4-8-27-16/h4,6,8-9,11,15H,3,5,7,10,12H2,1-2H3/t15-/m1/s1. The number of hydrogen-bond acceptors (Lipinski definition) is 6. The monoisotopic (exact) mass is 382 g/mol. The average molecular weight is 382 g/mol. The van der Waals surface area contributed by atoms with Crippen molar-refractivity contribution in [3.05, 3.63) is 51.9 Å². The molecule has 1 saturated heterocycles. The van der Waals surface area contributed by atoms with Crippen LogP contribution in [0.2, 0.25) is 0 Å². The van der Waals surface area contributed by atoms with Gasteiger partial charge in [-0.05, 0) is 38.1 Å². The molecule has 0 radical (unpaired) electrons. The van der Waals surface area contributed by atoms with Crippen LogP contribution in [0.4, 0.5) is 0 Å². The quantitative estimate of drug-likeness (QED) is 0.687. The fraction of sp³-hybridized carbons (Fsp3) is 0.400. The van der Waals surface area contributed by atoms with Gasteiger partial charge in [-0.1, -0.05) is 11.2 Å². The van der Waals surface area contributed by atoms with Gasteiger partial charge in [0.05, 0.1) is 23.4 Å². The Kier molecular flexibility index (Phi) is 5.03. The Morgan fingerprint density at radius 1 is 1.41 bits per heavy atom. The summed E-state index contributed by atoms with van der Waals surface area (Å²) in [5.41, 5.74) is 2.65. The van der Waals surface area contributed by atoms with Gasteiger partial charge < -0.3 is 9.42 Å². The second-order valence-electron chi connectivity index (χ2n) is 6.98. The number of aromatic nitrogens is 3. The Morgan fingerprint density at radius 2 is 2.30 bits per heavy atom. The van der Waals surface area contributed by atoms with Gasteiger partial charge in [0.1, 0.15) is 5.82 Å². The van der Waals surface area contributed by atoms with E-state index in [1.54, 1.807) is 11.3 Å².